The molecule has 0 saturated carbocycles. The van der Waals surface area contributed by atoms with E-state index < -0.39 is 12.2 Å². The highest BCUT2D eigenvalue weighted by Gasteiger charge is 2.46. The van der Waals surface area contributed by atoms with Gasteiger partial charge in [0.2, 0.25) is 5.91 Å². The summed E-state index contributed by atoms with van der Waals surface area (Å²) >= 11 is 0. The number of aromatic nitrogens is 2. The summed E-state index contributed by atoms with van der Waals surface area (Å²) in [5, 5.41) is 9.09. The maximum atomic E-state index is 13.1. The fourth-order valence-corrected chi connectivity index (χ4v) is 2.59. The third-order valence-corrected chi connectivity index (χ3v) is 3.40. The van der Waals surface area contributed by atoms with E-state index >= 15 is 0 Å². The van der Waals surface area contributed by atoms with Crippen molar-refractivity contribution in [3.8, 4) is 0 Å². The number of carbonyl (C=O) groups is 1. The van der Waals surface area contributed by atoms with E-state index in [0.29, 0.717) is 12.1 Å². The molecular weight excluding hydrogens is 273 g/mol. The molecule has 1 fully saturated rings. The molecule has 2 heterocycles. The van der Waals surface area contributed by atoms with Gasteiger partial charge in [0.25, 0.3) is 0 Å². The van der Waals surface area contributed by atoms with Crippen LogP contribution in [0.4, 0.5) is 13.2 Å². The molecule has 5 nitrogen and oxygen atoms in total. The summed E-state index contributed by atoms with van der Waals surface area (Å²) in [5.74, 6) is -0.220. The zero-order valence-corrected chi connectivity index (χ0v) is 11.1. The number of hydrogen-bond donors (Lipinski definition) is 2. The quantitative estimate of drug-likeness (QED) is 0.885. The Labute approximate surface area is 114 Å². The molecule has 112 valence electrons. The van der Waals surface area contributed by atoms with E-state index in [2.05, 4.69) is 15.5 Å². The number of aromatic amines is 1. The maximum absolute atomic E-state index is 13.1. The van der Waals surface area contributed by atoms with Crippen LogP contribution >= 0.6 is 0 Å². The molecular formula is C12H17F3N4O. The van der Waals surface area contributed by atoms with Gasteiger partial charge in [-0.15, -0.1) is 0 Å². The molecule has 8 heteroatoms. The van der Waals surface area contributed by atoms with Crippen molar-refractivity contribution < 1.29 is 18.0 Å². The Kier molecular flexibility index (Phi) is 4.32. The largest absolute Gasteiger partial charge is 0.404 e. The number of carbonyl (C=O) groups excluding carboxylic acids is 1. The van der Waals surface area contributed by atoms with Crippen molar-refractivity contribution >= 4 is 5.91 Å². The van der Waals surface area contributed by atoms with Gasteiger partial charge in [-0.05, 0) is 18.9 Å². The molecule has 2 N–H and O–H groups in total. The predicted molar refractivity (Wildman–Crippen MR) is 65.7 cm³/mol. The van der Waals surface area contributed by atoms with Gasteiger partial charge in [-0.3, -0.25) is 14.8 Å². The average Bonchev–Trinajstić information content (AvgIpc) is 2.79. The van der Waals surface area contributed by atoms with Crippen LogP contribution in [-0.2, 0) is 11.3 Å². The van der Waals surface area contributed by atoms with Crippen molar-refractivity contribution in [3.63, 3.8) is 0 Å². The number of likely N-dealkylation sites (tertiary alicyclic amines) is 1. The van der Waals surface area contributed by atoms with Gasteiger partial charge in [-0.1, -0.05) is 0 Å². The van der Waals surface area contributed by atoms with E-state index in [-0.39, 0.29) is 31.5 Å². The highest BCUT2D eigenvalue weighted by molar-refractivity contribution is 5.73. The highest BCUT2D eigenvalue weighted by Crippen LogP contribution is 2.32. The molecule has 0 bridgehead atoms. The van der Waals surface area contributed by atoms with Gasteiger partial charge in [0.05, 0.1) is 0 Å². The third kappa shape index (κ3) is 3.72. The minimum absolute atomic E-state index is 0.0113. The molecule has 1 aromatic rings. The zero-order valence-electron chi connectivity index (χ0n) is 11.1. The zero-order chi connectivity index (χ0) is 14.8. The van der Waals surface area contributed by atoms with Crippen molar-refractivity contribution in [3.05, 3.63) is 18.0 Å². The summed E-state index contributed by atoms with van der Waals surface area (Å²) in [5.41, 5.74) is 0.628. The first-order valence-electron chi connectivity index (χ1n) is 6.42. The average molecular weight is 290 g/mol. The number of nitrogens with one attached hydrogen (secondary N) is 2. The molecule has 0 spiro atoms. The van der Waals surface area contributed by atoms with Gasteiger partial charge in [-0.2, -0.15) is 18.3 Å². The maximum Gasteiger partial charge on any atom is 0.404 e. The van der Waals surface area contributed by atoms with Crippen LogP contribution in [0, 0.1) is 0 Å². The smallest absolute Gasteiger partial charge is 0.352 e. The first-order valence-corrected chi connectivity index (χ1v) is 6.42. The second kappa shape index (κ2) is 5.82. The van der Waals surface area contributed by atoms with Crippen LogP contribution in [0.2, 0.25) is 0 Å². The lowest BCUT2D eigenvalue weighted by Crippen LogP contribution is -2.55. The van der Waals surface area contributed by atoms with Gasteiger partial charge in [0, 0.05) is 37.9 Å². The van der Waals surface area contributed by atoms with Crippen LogP contribution in [0.1, 0.15) is 25.5 Å². The van der Waals surface area contributed by atoms with Gasteiger partial charge < -0.3 is 5.32 Å². The highest BCUT2D eigenvalue weighted by atomic mass is 19.4. The second-order valence-electron chi connectivity index (χ2n) is 5.04. The van der Waals surface area contributed by atoms with Gasteiger partial charge in [-0.25, -0.2) is 0 Å². The molecule has 0 aromatic carbocycles. The number of alkyl halides is 3. The Morgan fingerprint density at radius 2 is 2.30 bits per heavy atom. The third-order valence-electron chi connectivity index (χ3n) is 3.40. The standard InChI is InChI=1S/C12H17F3N4O/c1-8(20)17-9-2-3-11(12(13,14)15)19(6-9)7-10-4-5-16-18-10/h4-5,9,11H,2-3,6-7H2,1H3,(H,16,18)(H,17,20)/t9-,11-/m1/s1. The number of rotatable bonds is 3. The van der Waals surface area contributed by atoms with Crippen LogP contribution < -0.4 is 5.32 Å². The minimum Gasteiger partial charge on any atom is -0.352 e. The summed E-state index contributed by atoms with van der Waals surface area (Å²) in [6, 6.07) is -0.0695. The van der Waals surface area contributed by atoms with E-state index in [1.807, 2.05) is 0 Å². The number of H-pyrrole nitrogens is 1. The molecule has 0 unspecified atom stereocenters. The lowest BCUT2D eigenvalue weighted by Gasteiger charge is -2.40. The molecule has 1 amide bonds. The number of hydrogen-bond acceptors (Lipinski definition) is 3. The molecule has 0 aliphatic carbocycles. The lowest BCUT2D eigenvalue weighted by atomic mass is 9.97. The molecule has 1 aliphatic heterocycles. The van der Waals surface area contributed by atoms with E-state index in [1.165, 1.54) is 18.0 Å². The van der Waals surface area contributed by atoms with Crippen LogP contribution in [-0.4, -0.2) is 45.8 Å². The van der Waals surface area contributed by atoms with Gasteiger partial charge >= 0.3 is 6.18 Å². The van der Waals surface area contributed by atoms with E-state index in [4.69, 9.17) is 0 Å². The summed E-state index contributed by atoms with van der Waals surface area (Å²) in [6.07, 6.45) is -2.43. The molecule has 1 aromatic heterocycles. The van der Waals surface area contributed by atoms with Crippen LogP contribution in [0.3, 0.4) is 0 Å². The van der Waals surface area contributed by atoms with Crippen molar-refractivity contribution in [2.24, 2.45) is 0 Å². The molecule has 2 atom stereocenters. The van der Waals surface area contributed by atoms with Gasteiger partial charge in [0.1, 0.15) is 6.04 Å². The van der Waals surface area contributed by atoms with Crippen molar-refractivity contribution in [2.45, 2.75) is 44.6 Å². The molecule has 1 aliphatic rings. The number of nitrogens with zero attached hydrogens (tertiary/aromatic N) is 2. The Balaban J connectivity index is 2.08. The summed E-state index contributed by atoms with van der Waals surface area (Å²) in [6.45, 7) is 1.69. The summed E-state index contributed by atoms with van der Waals surface area (Å²) in [7, 11) is 0. The Morgan fingerprint density at radius 1 is 1.55 bits per heavy atom. The fraction of sp³-hybridized carbons (Fsp3) is 0.667. The number of piperidine rings is 1. The Morgan fingerprint density at radius 3 is 2.85 bits per heavy atom. The molecule has 1 saturated heterocycles. The first-order chi connectivity index (χ1) is 9.36. The topological polar surface area (TPSA) is 61.0 Å². The Bertz CT molecular complexity index is 446. The fourth-order valence-electron chi connectivity index (χ4n) is 2.59. The van der Waals surface area contributed by atoms with Crippen LogP contribution in [0.5, 0.6) is 0 Å². The van der Waals surface area contributed by atoms with E-state index in [9.17, 15) is 18.0 Å². The minimum atomic E-state index is -4.26. The molecule has 20 heavy (non-hydrogen) atoms. The van der Waals surface area contributed by atoms with Crippen molar-refractivity contribution in [1.82, 2.24) is 20.4 Å². The van der Waals surface area contributed by atoms with E-state index in [0.717, 1.165) is 0 Å². The van der Waals surface area contributed by atoms with Crippen LogP contribution in [0.15, 0.2) is 12.3 Å². The van der Waals surface area contributed by atoms with Crippen molar-refractivity contribution in [2.75, 3.05) is 6.54 Å². The molecule has 0 radical (unpaired) electrons. The van der Waals surface area contributed by atoms with E-state index in [1.54, 1.807) is 6.07 Å². The monoisotopic (exact) mass is 290 g/mol. The van der Waals surface area contributed by atoms with Crippen LogP contribution in [0.25, 0.3) is 0 Å². The number of amides is 1. The normalized spacial score (nSPS) is 24.6. The summed E-state index contributed by atoms with van der Waals surface area (Å²) < 4.78 is 39.2. The van der Waals surface area contributed by atoms with Gasteiger partial charge in [0.15, 0.2) is 0 Å². The lowest BCUT2D eigenvalue weighted by molar-refractivity contribution is -0.194. The predicted octanol–water partition coefficient (Wildman–Crippen LogP) is 1.44. The first kappa shape index (κ1) is 14.8. The second-order valence-corrected chi connectivity index (χ2v) is 5.04. The number of halogens is 3. The molecule has 2 rings (SSSR count). The SMILES string of the molecule is CC(=O)N[C@@H]1CC[C@H](C(F)(F)F)N(Cc2ccn[nH]2)C1. The van der Waals surface area contributed by atoms with Crippen molar-refractivity contribution in [1.29, 1.82) is 0 Å². The summed E-state index contributed by atoms with van der Waals surface area (Å²) in [4.78, 5) is 12.4. The Hall–Kier alpha value is -1.57.